The topological polar surface area (TPSA) is 85.0 Å². The molecule has 1 rings (SSSR count). The molecule has 6 nitrogen and oxygen atoms in total. The lowest BCUT2D eigenvalue weighted by Gasteiger charge is -2.25. The molecular formula is C17H29NO5S. The SMILES string of the molecule is CCOC(=O)[C@H]1O[C@@H]1C(=O)N[C@@H](CCSC)C(=O)CC(C)(C)CC. The molecule has 0 unspecified atom stereocenters. The zero-order chi connectivity index (χ0) is 18.3. The second-order valence-corrected chi connectivity index (χ2v) is 7.72. The molecule has 0 aromatic rings. The molecule has 1 aliphatic rings. The number of epoxide rings is 1. The average Bonchev–Trinajstić information content (AvgIpc) is 3.31. The molecule has 0 aliphatic carbocycles. The van der Waals surface area contributed by atoms with Gasteiger partial charge in [-0.1, -0.05) is 27.2 Å². The van der Waals surface area contributed by atoms with Crippen molar-refractivity contribution in [2.24, 2.45) is 5.41 Å². The van der Waals surface area contributed by atoms with Gasteiger partial charge in [0.05, 0.1) is 12.6 Å². The van der Waals surface area contributed by atoms with Gasteiger partial charge < -0.3 is 14.8 Å². The summed E-state index contributed by atoms with van der Waals surface area (Å²) in [7, 11) is 0. The summed E-state index contributed by atoms with van der Waals surface area (Å²) in [6, 6.07) is -0.539. The first kappa shape index (κ1) is 21.0. The van der Waals surface area contributed by atoms with Crippen molar-refractivity contribution in [2.75, 3.05) is 18.6 Å². The zero-order valence-corrected chi connectivity index (χ0v) is 16.0. The Labute approximate surface area is 148 Å². The molecule has 1 aliphatic heterocycles. The summed E-state index contributed by atoms with van der Waals surface area (Å²) in [5.41, 5.74) is -0.0943. The molecule has 0 spiro atoms. The summed E-state index contributed by atoms with van der Waals surface area (Å²) in [6.07, 6.45) is 2.15. The van der Waals surface area contributed by atoms with Crippen LogP contribution >= 0.6 is 11.8 Å². The fourth-order valence-electron chi connectivity index (χ4n) is 2.24. The van der Waals surface area contributed by atoms with Crippen LogP contribution in [-0.4, -0.2) is 54.5 Å². The number of esters is 1. The number of thioether (sulfide) groups is 1. The Morgan fingerprint density at radius 1 is 1.25 bits per heavy atom. The number of Topliss-reactive ketones (excluding diaryl/α,β-unsaturated/α-hetero) is 1. The minimum Gasteiger partial charge on any atom is -0.464 e. The van der Waals surface area contributed by atoms with E-state index in [9.17, 15) is 14.4 Å². The number of ether oxygens (including phenoxy) is 2. The minimum absolute atomic E-state index is 0.0255. The van der Waals surface area contributed by atoms with E-state index in [1.807, 2.05) is 27.0 Å². The van der Waals surface area contributed by atoms with Gasteiger partial charge in [0.15, 0.2) is 18.0 Å². The standard InChI is InChI=1S/C17H29NO5S/c1-6-17(3,4)10-12(19)11(8-9-24-5)18-15(20)13-14(23-13)16(21)22-7-2/h11,13-14H,6-10H2,1-5H3,(H,18,20)/t11-,13-,14-/m0/s1. The van der Waals surface area contributed by atoms with Crippen LogP contribution in [0.5, 0.6) is 0 Å². The molecule has 3 atom stereocenters. The molecule has 1 saturated heterocycles. The fraction of sp³-hybridized carbons (Fsp3) is 0.824. The number of hydrogen-bond donors (Lipinski definition) is 1. The zero-order valence-electron chi connectivity index (χ0n) is 15.2. The van der Waals surface area contributed by atoms with Gasteiger partial charge in [0, 0.05) is 6.42 Å². The number of rotatable bonds is 11. The Hall–Kier alpha value is -1.08. The van der Waals surface area contributed by atoms with Crippen LogP contribution in [0.25, 0.3) is 0 Å². The number of ketones is 1. The van der Waals surface area contributed by atoms with Crippen LogP contribution in [0.4, 0.5) is 0 Å². The minimum atomic E-state index is -0.840. The van der Waals surface area contributed by atoms with Crippen LogP contribution in [-0.2, 0) is 23.9 Å². The maximum Gasteiger partial charge on any atom is 0.338 e. The predicted molar refractivity (Wildman–Crippen MR) is 93.9 cm³/mol. The monoisotopic (exact) mass is 359 g/mol. The largest absolute Gasteiger partial charge is 0.464 e. The first-order valence-electron chi connectivity index (χ1n) is 8.39. The Morgan fingerprint density at radius 2 is 1.92 bits per heavy atom. The summed E-state index contributed by atoms with van der Waals surface area (Å²) in [5.74, 6) is -0.146. The van der Waals surface area contributed by atoms with Gasteiger partial charge >= 0.3 is 5.97 Å². The molecule has 7 heteroatoms. The number of amides is 1. The van der Waals surface area contributed by atoms with Crippen LogP contribution in [0.1, 0.15) is 47.0 Å². The molecule has 1 amide bonds. The average molecular weight is 359 g/mol. The molecule has 138 valence electrons. The van der Waals surface area contributed by atoms with Crippen molar-refractivity contribution < 1.29 is 23.9 Å². The van der Waals surface area contributed by atoms with Gasteiger partial charge in [-0.05, 0) is 30.8 Å². The van der Waals surface area contributed by atoms with Crippen molar-refractivity contribution in [3.8, 4) is 0 Å². The van der Waals surface area contributed by atoms with Gasteiger partial charge in [-0.25, -0.2) is 4.79 Å². The van der Waals surface area contributed by atoms with E-state index in [-0.39, 0.29) is 17.8 Å². The summed E-state index contributed by atoms with van der Waals surface area (Å²) in [5, 5.41) is 2.75. The molecule has 0 aromatic heterocycles. The van der Waals surface area contributed by atoms with Crippen molar-refractivity contribution in [3.63, 3.8) is 0 Å². The van der Waals surface area contributed by atoms with Crippen LogP contribution in [0.3, 0.4) is 0 Å². The van der Waals surface area contributed by atoms with Gasteiger partial charge in [-0.15, -0.1) is 0 Å². The first-order chi connectivity index (χ1) is 11.3. The van der Waals surface area contributed by atoms with Crippen LogP contribution in [0.15, 0.2) is 0 Å². The quantitative estimate of drug-likeness (QED) is 0.448. The second kappa shape index (κ2) is 9.42. The molecule has 1 N–H and O–H groups in total. The molecule has 24 heavy (non-hydrogen) atoms. The van der Waals surface area contributed by atoms with Gasteiger partial charge in [-0.2, -0.15) is 11.8 Å². The van der Waals surface area contributed by atoms with E-state index < -0.39 is 30.1 Å². The fourth-order valence-corrected chi connectivity index (χ4v) is 2.71. The van der Waals surface area contributed by atoms with Crippen LogP contribution in [0, 0.1) is 5.41 Å². The number of carbonyl (C=O) groups excluding carboxylic acids is 3. The van der Waals surface area contributed by atoms with E-state index in [0.717, 1.165) is 12.2 Å². The van der Waals surface area contributed by atoms with Gasteiger partial charge in [0.1, 0.15) is 0 Å². The number of hydrogen-bond acceptors (Lipinski definition) is 6. The lowest BCUT2D eigenvalue weighted by atomic mass is 9.83. The lowest BCUT2D eigenvalue weighted by molar-refractivity contribution is -0.144. The van der Waals surface area contributed by atoms with E-state index in [4.69, 9.17) is 9.47 Å². The Morgan fingerprint density at radius 3 is 2.46 bits per heavy atom. The van der Waals surface area contributed by atoms with Crippen molar-refractivity contribution >= 4 is 29.4 Å². The molecule has 1 heterocycles. The van der Waals surface area contributed by atoms with Crippen molar-refractivity contribution in [1.29, 1.82) is 0 Å². The van der Waals surface area contributed by atoms with E-state index in [1.54, 1.807) is 18.7 Å². The molecule has 1 fully saturated rings. The highest BCUT2D eigenvalue weighted by molar-refractivity contribution is 7.98. The summed E-state index contributed by atoms with van der Waals surface area (Å²) in [4.78, 5) is 36.3. The third-order valence-electron chi connectivity index (χ3n) is 4.19. The smallest absolute Gasteiger partial charge is 0.338 e. The summed E-state index contributed by atoms with van der Waals surface area (Å²) in [6.45, 7) is 8.07. The van der Waals surface area contributed by atoms with Gasteiger partial charge in [0.2, 0.25) is 0 Å². The third kappa shape index (κ3) is 6.43. The number of nitrogens with one attached hydrogen (secondary N) is 1. The Balaban J connectivity index is 2.61. The van der Waals surface area contributed by atoms with E-state index >= 15 is 0 Å². The normalized spacial score (nSPS) is 21.0. The predicted octanol–water partition coefficient (Wildman–Crippen LogP) is 1.95. The van der Waals surface area contributed by atoms with Gasteiger partial charge in [-0.3, -0.25) is 9.59 Å². The van der Waals surface area contributed by atoms with E-state index in [2.05, 4.69) is 5.32 Å². The number of carbonyl (C=O) groups is 3. The third-order valence-corrected chi connectivity index (χ3v) is 4.84. The second-order valence-electron chi connectivity index (χ2n) is 6.73. The Bertz CT molecular complexity index is 466. The summed E-state index contributed by atoms with van der Waals surface area (Å²) >= 11 is 1.63. The van der Waals surface area contributed by atoms with Crippen molar-refractivity contribution in [1.82, 2.24) is 5.32 Å². The first-order valence-corrected chi connectivity index (χ1v) is 9.79. The highest BCUT2D eigenvalue weighted by atomic mass is 32.2. The highest BCUT2D eigenvalue weighted by Crippen LogP contribution is 2.27. The maximum atomic E-state index is 12.6. The molecule has 0 radical (unpaired) electrons. The van der Waals surface area contributed by atoms with E-state index in [0.29, 0.717) is 12.8 Å². The molecule has 0 bridgehead atoms. The lowest BCUT2D eigenvalue weighted by Crippen LogP contribution is -2.45. The van der Waals surface area contributed by atoms with Crippen molar-refractivity contribution in [2.45, 2.75) is 65.2 Å². The van der Waals surface area contributed by atoms with Crippen LogP contribution in [0.2, 0.25) is 0 Å². The highest BCUT2D eigenvalue weighted by Gasteiger charge is 2.52. The Kier molecular flexibility index (Phi) is 8.22. The molecule has 0 saturated carbocycles. The van der Waals surface area contributed by atoms with E-state index in [1.165, 1.54) is 0 Å². The maximum absolute atomic E-state index is 12.6. The molecular weight excluding hydrogens is 330 g/mol. The summed E-state index contributed by atoms with van der Waals surface area (Å²) < 4.78 is 9.93. The van der Waals surface area contributed by atoms with Gasteiger partial charge in [0.25, 0.3) is 5.91 Å². The van der Waals surface area contributed by atoms with Crippen LogP contribution < -0.4 is 5.32 Å². The molecule has 0 aromatic carbocycles. The van der Waals surface area contributed by atoms with Crippen molar-refractivity contribution in [3.05, 3.63) is 0 Å².